The average Bonchev–Trinajstić information content (AvgIpc) is 2.29. The average molecular weight is 251 g/mol. The summed E-state index contributed by atoms with van der Waals surface area (Å²) >= 11 is 0. The van der Waals surface area contributed by atoms with Crippen LogP contribution >= 0.6 is 0 Å². The molecule has 96 valence electrons. The maximum atomic E-state index is 12.1. The minimum Gasteiger partial charge on any atom is -0.385 e. The van der Waals surface area contributed by atoms with Crippen LogP contribution in [0.1, 0.15) is 12.8 Å². The summed E-state index contributed by atoms with van der Waals surface area (Å²) < 4.78 is 34.2. The van der Waals surface area contributed by atoms with Crippen molar-refractivity contribution in [3.05, 3.63) is 0 Å². The number of methoxy groups -OCH3 is 1. The summed E-state index contributed by atoms with van der Waals surface area (Å²) in [4.78, 5) is 0. The number of sulfone groups is 1. The summed E-state index contributed by atoms with van der Waals surface area (Å²) in [6.45, 7) is 1.42. The van der Waals surface area contributed by atoms with Gasteiger partial charge in [0.25, 0.3) is 0 Å². The van der Waals surface area contributed by atoms with Crippen LogP contribution in [0.4, 0.5) is 0 Å². The summed E-state index contributed by atoms with van der Waals surface area (Å²) in [6, 6.07) is 0.0151. The van der Waals surface area contributed by atoms with Gasteiger partial charge in [-0.05, 0) is 19.9 Å². The molecule has 2 atom stereocenters. The molecule has 0 aromatic heterocycles. The van der Waals surface area contributed by atoms with Crippen LogP contribution in [0.2, 0.25) is 0 Å². The first-order valence-corrected chi connectivity index (χ1v) is 7.29. The van der Waals surface area contributed by atoms with Crippen molar-refractivity contribution in [3.8, 4) is 0 Å². The van der Waals surface area contributed by atoms with Gasteiger partial charge >= 0.3 is 0 Å². The molecule has 0 aromatic carbocycles. The predicted molar refractivity (Wildman–Crippen MR) is 62.4 cm³/mol. The molecule has 6 heteroatoms. The molecule has 0 amide bonds. The van der Waals surface area contributed by atoms with E-state index in [0.29, 0.717) is 26.2 Å². The lowest BCUT2D eigenvalue weighted by Crippen LogP contribution is -2.49. The van der Waals surface area contributed by atoms with E-state index in [9.17, 15) is 8.42 Å². The molecule has 16 heavy (non-hydrogen) atoms. The van der Waals surface area contributed by atoms with Crippen LogP contribution in [0, 0.1) is 0 Å². The van der Waals surface area contributed by atoms with E-state index in [2.05, 4.69) is 5.32 Å². The second-order valence-corrected chi connectivity index (χ2v) is 6.35. The maximum absolute atomic E-state index is 12.1. The van der Waals surface area contributed by atoms with Crippen molar-refractivity contribution in [1.82, 2.24) is 5.32 Å². The van der Waals surface area contributed by atoms with E-state index in [0.717, 1.165) is 6.42 Å². The first-order chi connectivity index (χ1) is 7.61. The number of ether oxygens (including phenoxy) is 2. The molecule has 1 aliphatic heterocycles. The fourth-order valence-corrected chi connectivity index (χ4v) is 3.85. The van der Waals surface area contributed by atoms with Gasteiger partial charge in [-0.3, -0.25) is 0 Å². The van der Waals surface area contributed by atoms with Gasteiger partial charge in [-0.1, -0.05) is 0 Å². The normalized spacial score (nSPS) is 26.9. The third-order valence-electron chi connectivity index (χ3n) is 2.91. The van der Waals surface area contributed by atoms with Gasteiger partial charge in [0.15, 0.2) is 9.84 Å². The minimum atomic E-state index is -3.08. The summed E-state index contributed by atoms with van der Waals surface area (Å²) in [5.74, 6) is 0.174. The molecule has 0 saturated carbocycles. The van der Waals surface area contributed by atoms with Crippen molar-refractivity contribution in [2.45, 2.75) is 24.1 Å². The summed E-state index contributed by atoms with van der Waals surface area (Å²) in [7, 11) is 0.291. The Balaban J connectivity index is 2.57. The van der Waals surface area contributed by atoms with E-state index in [1.165, 1.54) is 0 Å². The summed E-state index contributed by atoms with van der Waals surface area (Å²) in [5.41, 5.74) is 0. The molecule has 0 aliphatic carbocycles. The molecule has 2 unspecified atom stereocenters. The van der Waals surface area contributed by atoms with Gasteiger partial charge in [-0.25, -0.2) is 8.42 Å². The molecule has 1 heterocycles. The first-order valence-electron chi connectivity index (χ1n) is 5.57. The second kappa shape index (κ2) is 6.54. The maximum Gasteiger partial charge on any atom is 0.157 e. The highest BCUT2D eigenvalue weighted by molar-refractivity contribution is 7.92. The highest BCUT2D eigenvalue weighted by Crippen LogP contribution is 2.17. The Bertz CT molecular complexity index is 291. The molecule has 1 N–H and O–H groups in total. The van der Waals surface area contributed by atoms with Crippen LogP contribution in [-0.4, -0.2) is 59.4 Å². The van der Waals surface area contributed by atoms with Gasteiger partial charge in [0, 0.05) is 26.4 Å². The Kier molecular flexibility index (Phi) is 5.68. The van der Waals surface area contributed by atoms with E-state index in [4.69, 9.17) is 9.47 Å². The smallest absolute Gasteiger partial charge is 0.157 e. The van der Waals surface area contributed by atoms with Crippen molar-refractivity contribution in [2.75, 3.05) is 39.7 Å². The van der Waals surface area contributed by atoms with Crippen LogP contribution < -0.4 is 5.32 Å². The van der Waals surface area contributed by atoms with Crippen LogP contribution in [0.5, 0.6) is 0 Å². The van der Waals surface area contributed by atoms with Gasteiger partial charge in [0.2, 0.25) is 0 Å². The Morgan fingerprint density at radius 1 is 1.50 bits per heavy atom. The van der Waals surface area contributed by atoms with Gasteiger partial charge in [-0.2, -0.15) is 0 Å². The predicted octanol–water partition coefficient (Wildman–Crippen LogP) is -0.185. The van der Waals surface area contributed by atoms with Crippen LogP contribution in [0.15, 0.2) is 0 Å². The fraction of sp³-hybridized carbons (Fsp3) is 1.00. The van der Waals surface area contributed by atoms with Crippen LogP contribution in [0.25, 0.3) is 0 Å². The molecule has 0 bridgehead atoms. The zero-order chi connectivity index (χ0) is 12.0. The molecule has 1 saturated heterocycles. The lowest BCUT2D eigenvalue weighted by molar-refractivity contribution is 0.0825. The monoisotopic (exact) mass is 251 g/mol. The standard InChI is InChI=1S/C10H21NO4S/c1-11-9-4-6-15-8-10(9)16(12,13)7-3-5-14-2/h9-11H,3-8H2,1-2H3. The van der Waals surface area contributed by atoms with Crippen molar-refractivity contribution in [1.29, 1.82) is 0 Å². The Hall–Kier alpha value is -0.170. The lowest BCUT2D eigenvalue weighted by Gasteiger charge is -2.30. The Morgan fingerprint density at radius 2 is 2.25 bits per heavy atom. The fourth-order valence-electron chi connectivity index (χ4n) is 1.95. The van der Waals surface area contributed by atoms with E-state index >= 15 is 0 Å². The number of rotatable bonds is 6. The molecular formula is C10H21NO4S. The molecule has 0 aromatic rings. The summed E-state index contributed by atoms with van der Waals surface area (Å²) in [5, 5.41) is 2.65. The molecule has 0 radical (unpaired) electrons. The van der Waals surface area contributed by atoms with E-state index in [1.807, 2.05) is 0 Å². The van der Waals surface area contributed by atoms with Crippen molar-refractivity contribution in [3.63, 3.8) is 0 Å². The zero-order valence-corrected chi connectivity index (χ0v) is 10.8. The molecule has 1 fully saturated rings. The van der Waals surface area contributed by atoms with Crippen LogP contribution in [-0.2, 0) is 19.3 Å². The van der Waals surface area contributed by atoms with E-state index < -0.39 is 15.1 Å². The number of hydrogen-bond donors (Lipinski definition) is 1. The summed E-state index contributed by atoms with van der Waals surface area (Å²) in [6.07, 6.45) is 1.30. The Morgan fingerprint density at radius 3 is 2.88 bits per heavy atom. The van der Waals surface area contributed by atoms with Crippen molar-refractivity contribution >= 4 is 9.84 Å². The quantitative estimate of drug-likeness (QED) is 0.663. The van der Waals surface area contributed by atoms with Gasteiger partial charge in [0.1, 0.15) is 0 Å². The van der Waals surface area contributed by atoms with Gasteiger partial charge in [-0.15, -0.1) is 0 Å². The molecule has 1 aliphatic rings. The lowest BCUT2D eigenvalue weighted by atomic mass is 10.1. The SMILES string of the molecule is CNC1CCOCC1S(=O)(=O)CCCOC. The second-order valence-electron chi connectivity index (χ2n) is 4.01. The minimum absolute atomic E-state index is 0.0151. The highest BCUT2D eigenvalue weighted by Gasteiger charge is 2.34. The molecule has 5 nitrogen and oxygen atoms in total. The topological polar surface area (TPSA) is 64.6 Å². The van der Waals surface area contributed by atoms with Crippen LogP contribution in [0.3, 0.4) is 0 Å². The Labute approximate surface area is 97.4 Å². The molecule has 0 spiro atoms. The van der Waals surface area contributed by atoms with E-state index in [-0.39, 0.29) is 11.8 Å². The van der Waals surface area contributed by atoms with Gasteiger partial charge in [0.05, 0.1) is 17.6 Å². The van der Waals surface area contributed by atoms with E-state index in [1.54, 1.807) is 14.2 Å². The molecule has 1 rings (SSSR count). The first kappa shape index (κ1) is 13.9. The third kappa shape index (κ3) is 3.69. The number of hydrogen-bond acceptors (Lipinski definition) is 5. The van der Waals surface area contributed by atoms with Gasteiger partial charge < -0.3 is 14.8 Å². The largest absolute Gasteiger partial charge is 0.385 e. The third-order valence-corrected chi connectivity index (χ3v) is 5.16. The molecular weight excluding hydrogens is 230 g/mol. The highest BCUT2D eigenvalue weighted by atomic mass is 32.2. The van der Waals surface area contributed by atoms with Crippen molar-refractivity contribution in [2.24, 2.45) is 0 Å². The number of nitrogens with one attached hydrogen (secondary N) is 1. The zero-order valence-electron chi connectivity index (χ0n) is 9.94. The van der Waals surface area contributed by atoms with Crippen molar-refractivity contribution < 1.29 is 17.9 Å².